The number of nitrogens with zero attached hydrogens (tertiary/aromatic N) is 4. The van der Waals surface area contributed by atoms with Crippen LogP contribution in [0.15, 0.2) is 59.7 Å². The van der Waals surface area contributed by atoms with Gasteiger partial charge in [0.25, 0.3) is 5.56 Å². The Hall–Kier alpha value is -3.13. The second kappa shape index (κ2) is 9.34. The van der Waals surface area contributed by atoms with E-state index in [1.165, 1.54) is 10.9 Å². The summed E-state index contributed by atoms with van der Waals surface area (Å²) in [7, 11) is 1.98. The maximum Gasteiger partial charge on any atom is 0.261 e. The van der Waals surface area contributed by atoms with Crippen molar-refractivity contribution in [3.8, 4) is 0 Å². The average molecular weight is 436 g/mol. The molecule has 0 radical (unpaired) electrons. The molecule has 4 rings (SSSR count). The fourth-order valence-electron chi connectivity index (χ4n) is 3.73. The second-order valence-corrected chi connectivity index (χ2v) is 8.42. The molecule has 31 heavy (non-hydrogen) atoms. The summed E-state index contributed by atoms with van der Waals surface area (Å²) in [4.78, 5) is 34.5. The number of thioether (sulfide) groups is 1. The Morgan fingerprint density at radius 2 is 1.87 bits per heavy atom. The summed E-state index contributed by atoms with van der Waals surface area (Å²) in [6.45, 7) is 0.278. The number of carbonyl (C=O) groups excluding carboxylic acids is 1. The lowest BCUT2D eigenvalue weighted by Gasteiger charge is -2.18. The molecule has 8 heteroatoms. The molecule has 7 nitrogen and oxygen atoms in total. The summed E-state index contributed by atoms with van der Waals surface area (Å²) in [5.74, 6) is 1.63. The van der Waals surface area contributed by atoms with Gasteiger partial charge in [-0.2, -0.15) is 11.8 Å². The topological polar surface area (TPSA) is 81.8 Å². The van der Waals surface area contributed by atoms with Crippen LogP contribution in [-0.2, 0) is 18.4 Å². The molecule has 0 aliphatic rings. The summed E-state index contributed by atoms with van der Waals surface area (Å²) in [6.07, 6.45) is 4.53. The molecule has 2 aromatic carbocycles. The lowest BCUT2D eigenvalue weighted by molar-refractivity contribution is -0.122. The first kappa shape index (κ1) is 21.1. The Bertz CT molecular complexity index is 1280. The Kier molecular flexibility index (Phi) is 6.36. The number of amides is 1. The zero-order valence-corrected chi connectivity index (χ0v) is 18.4. The molecule has 2 heterocycles. The molecule has 1 atom stereocenters. The third kappa shape index (κ3) is 4.49. The van der Waals surface area contributed by atoms with Crippen LogP contribution in [0.1, 0.15) is 24.7 Å². The highest BCUT2D eigenvalue weighted by molar-refractivity contribution is 7.98. The number of benzene rings is 2. The number of rotatable bonds is 8. The number of fused-ring (bicyclic) bond motifs is 2. The van der Waals surface area contributed by atoms with E-state index in [-0.39, 0.29) is 30.5 Å². The van der Waals surface area contributed by atoms with E-state index in [0.717, 1.165) is 29.0 Å². The maximum atomic E-state index is 12.8. The van der Waals surface area contributed by atoms with E-state index < -0.39 is 0 Å². The lowest BCUT2D eigenvalue weighted by Crippen LogP contribution is -2.32. The number of aryl methyl sites for hydroxylation is 2. The van der Waals surface area contributed by atoms with Crippen LogP contribution >= 0.6 is 11.8 Å². The van der Waals surface area contributed by atoms with E-state index in [1.54, 1.807) is 23.9 Å². The number of carbonyl (C=O) groups is 1. The molecular formula is C23H25N5O2S. The number of imidazole rings is 1. The summed E-state index contributed by atoms with van der Waals surface area (Å²) >= 11 is 1.74. The number of aromatic nitrogens is 4. The first-order valence-electron chi connectivity index (χ1n) is 10.2. The molecule has 160 valence electrons. The molecule has 1 N–H and O–H groups in total. The zero-order valence-electron chi connectivity index (χ0n) is 17.6. The Labute approximate surface area is 184 Å². The van der Waals surface area contributed by atoms with Crippen LogP contribution in [0, 0.1) is 0 Å². The predicted octanol–water partition coefficient (Wildman–Crippen LogP) is 3.28. The van der Waals surface area contributed by atoms with Crippen molar-refractivity contribution < 1.29 is 4.79 Å². The molecule has 0 saturated heterocycles. The van der Waals surface area contributed by atoms with Gasteiger partial charge in [0, 0.05) is 20.0 Å². The molecule has 0 fully saturated rings. The first-order chi connectivity index (χ1) is 15.1. The largest absolute Gasteiger partial charge is 0.346 e. The molecule has 0 unspecified atom stereocenters. The number of hydrogen-bond donors (Lipinski definition) is 1. The van der Waals surface area contributed by atoms with Crippen molar-refractivity contribution in [3.05, 3.63) is 71.0 Å². The van der Waals surface area contributed by atoms with E-state index in [2.05, 4.69) is 10.3 Å². The van der Waals surface area contributed by atoms with E-state index in [4.69, 9.17) is 4.98 Å². The van der Waals surface area contributed by atoms with Crippen molar-refractivity contribution in [1.29, 1.82) is 0 Å². The van der Waals surface area contributed by atoms with Crippen LogP contribution in [0.3, 0.4) is 0 Å². The van der Waals surface area contributed by atoms with E-state index in [0.29, 0.717) is 10.9 Å². The van der Waals surface area contributed by atoms with Crippen LogP contribution in [0.5, 0.6) is 0 Å². The van der Waals surface area contributed by atoms with Crippen molar-refractivity contribution in [3.63, 3.8) is 0 Å². The number of para-hydroxylation sites is 3. The third-order valence-electron chi connectivity index (χ3n) is 5.39. The fraction of sp³-hybridized carbons (Fsp3) is 0.304. The molecule has 0 bridgehead atoms. The van der Waals surface area contributed by atoms with E-state index in [1.807, 2.05) is 54.3 Å². The minimum Gasteiger partial charge on any atom is -0.346 e. The van der Waals surface area contributed by atoms with E-state index in [9.17, 15) is 9.59 Å². The SMILES string of the molecule is CSCC[C@@H](NC(=O)CCn1cnc2ccccc2c1=O)c1nc2ccccc2n1C. The summed E-state index contributed by atoms with van der Waals surface area (Å²) in [5.41, 5.74) is 2.48. The van der Waals surface area contributed by atoms with Gasteiger partial charge < -0.3 is 9.88 Å². The van der Waals surface area contributed by atoms with Gasteiger partial charge in [0.2, 0.25) is 5.91 Å². The highest BCUT2D eigenvalue weighted by Crippen LogP contribution is 2.23. The van der Waals surface area contributed by atoms with Crippen LogP contribution in [0.2, 0.25) is 0 Å². The minimum atomic E-state index is -0.191. The van der Waals surface area contributed by atoms with Gasteiger partial charge in [-0.15, -0.1) is 0 Å². The van der Waals surface area contributed by atoms with Gasteiger partial charge in [0.15, 0.2) is 0 Å². The fourth-order valence-corrected chi connectivity index (χ4v) is 4.20. The number of nitrogens with one attached hydrogen (secondary N) is 1. The van der Waals surface area contributed by atoms with Gasteiger partial charge in [-0.1, -0.05) is 24.3 Å². The maximum absolute atomic E-state index is 12.8. The van der Waals surface area contributed by atoms with Gasteiger partial charge in [-0.25, -0.2) is 9.97 Å². The third-order valence-corrected chi connectivity index (χ3v) is 6.03. The monoisotopic (exact) mass is 435 g/mol. The van der Waals surface area contributed by atoms with Crippen molar-refractivity contribution >= 4 is 39.6 Å². The smallest absolute Gasteiger partial charge is 0.261 e. The van der Waals surface area contributed by atoms with Gasteiger partial charge in [-0.05, 0) is 42.7 Å². The highest BCUT2D eigenvalue weighted by atomic mass is 32.2. The summed E-state index contributed by atoms with van der Waals surface area (Å²) in [6, 6.07) is 15.0. The number of hydrogen-bond acceptors (Lipinski definition) is 5. The van der Waals surface area contributed by atoms with Crippen molar-refractivity contribution in [1.82, 2.24) is 24.4 Å². The van der Waals surface area contributed by atoms with Crippen molar-refractivity contribution in [2.24, 2.45) is 7.05 Å². The first-order valence-corrected chi connectivity index (χ1v) is 11.6. The highest BCUT2D eigenvalue weighted by Gasteiger charge is 2.20. The zero-order chi connectivity index (χ0) is 21.8. The van der Waals surface area contributed by atoms with Crippen LogP contribution < -0.4 is 10.9 Å². The minimum absolute atomic E-state index is 0.113. The van der Waals surface area contributed by atoms with Gasteiger partial charge in [0.05, 0.1) is 34.3 Å². The Balaban J connectivity index is 1.50. The van der Waals surface area contributed by atoms with Gasteiger partial charge >= 0.3 is 0 Å². The molecule has 4 aromatic rings. The standard InChI is InChI=1S/C23H25N5O2S/c1-27-20-10-6-5-9-18(20)26-22(27)19(12-14-31-2)25-21(29)11-13-28-15-24-17-8-4-3-7-16(17)23(28)30/h3-10,15,19H,11-14H2,1-2H3,(H,25,29)/t19-/m1/s1. The lowest BCUT2D eigenvalue weighted by atomic mass is 10.2. The van der Waals surface area contributed by atoms with Crippen LogP contribution in [0.4, 0.5) is 0 Å². The Morgan fingerprint density at radius 1 is 1.13 bits per heavy atom. The molecule has 0 aliphatic carbocycles. The molecule has 2 aromatic heterocycles. The van der Waals surface area contributed by atoms with Crippen LogP contribution in [-0.4, -0.2) is 37.0 Å². The summed E-state index contributed by atoms with van der Waals surface area (Å²) in [5, 5.41) is 3.68. The Morgan fingerprint density at radius 3 is 2.65 bits per heavy atom. The predicted molar refractivity (Wildman–Crippen MR) is 125 cm³/mol. The van der Waals surface area contributed by atoms with Gasteiger partial charge in [0.1, 0.15) is 5.82 Å². The normalized spacial score (nSPS) is 12.3. The average Bonchev–Trinajstić information content (AvgIpc) is 3.13. The van der Waals surface area contributed by atoms with Gasteiger partial charge in [-0.3, -0.25) is 14.2 Å². The van der Waals surface area contributed by atoms with Crippen molar-refractivity contribution in [2.75, 3.05) is 12.0 Å². The molecular weight excluding hydrogens is 410 g/mol. The van der Waals surface area contributed by atoms with Crippen molar-refractivity contribution in [2.45, 2.75) is 25.4 Å². The molecule has 0 spiro atoms. The summed E-state index contributed by atoms with van der Waals surface area (Å²) < 4.78 is 3.53. The molecule has 0 aliphatic heterocycles. The van der Waals surface area contributed by atoms with Crippen LogP contribution in [0.25, 0.3) is 21.9 Å². The molecule has 0 saturated carbocycles. The van der Waals surface area contributed by atoms with E-state index >= 15 is 0 Å². The quantitative estimate of drug-likeness (QED) is 0.459. The second-order valence-electron chi connectivity index (χ2n) is 7.43. The molecule has 1 amide bonds.